The molecular weight excluding hydrogens is 246 g/mol. The van der Waals surface area contributed by atoms with E-state index < -0.39 is 0 Å². The minimum Gasteiger partial charge on any atom is -0.337 e. The summed E-state index contributed by atoms with van der Waals surface area (Å²) in [6.45, 7) is 2.10. The van der Waals surface area contributed by atoms with E-state index >= 15 is 0 Å². The number of rotatable bonds is 4. The van der Waals surface area contributed by atoms with Crippen LogP contribution in [-0.2, 0) is 12.3 Å². The Morgan fingerprint density at radius 2 is 2.22 bits per heavy atom. The van der Waals surface area contributed by atoms with Gasteiger partial charge < -0.3 is 4.98 Å². The zero-order valence-corrected chi connectivity index (χ0v) is 10.8. The maximum atomic E-state index is 4.31. The first-order chi connectivity index (χ1) is 8.86. The van der Waals surface area contributed by atoms with Gasteiger partial charge in [-0.25, -0.2) is 9.67 Å². The van der Waals surface area contributed by atoms with Crippen molar-refractivity contribution in [1.82, 2.24) is 25.0 Å². The van der Waals surface area contributed by atoms with Gasteiger partial charge in [-0.15, -0.1) is 5.10 Å². The smallest absolute Gasteiger partial charge is 0.167 e. The van der Waals surface area contributed by atoms with Crippen LogP contribution >= 0.6 is 11.8 Å². The van der Waals surface area contributed by atoms with Crippen molar-refractivity contribution in [3.63, 3.8) is 0 Å². The van der Waals surface area contributed by atoms with Gasteiger partial charge >= 0.3 is 0 Å². The number of benzene rings is 1. The predicted molar refractivity (Wildman–Crippen MR) is 71.4 cm³/mol. The van der Waals surface area contributed by atoms with Crippen molar-refractivity contribution in [1.29, 1.82) is 0 Å². The summed E-state index contributed by atoms with van der Waals surface area (Å²) in [5.41, 5.74) is 3.13. The molecule has 0 spiro atoms. The summed E-state index contributed by atoms with van der Waals surface area (Å²) in [6.07, 6.45) is 2.85. The minimum atomic E-state index is 0.706. The fourth-order valence-corrected chi connectivity index (χ4v) is 2.49. The molecule has 92 valence electrons. The Bertz CT molecular complexity index is 657. The lowest BCUT2D eigenvalue weighted by Gasteiger charge is -1.99. The van der Waals surface area contributed by atoms with Gasteiger partial charge in [-0.3, -0.25) is 0 Å². The SMILES string of the molecule is CCc1cnc(SCn2nnc3ccccc32)[nH]1. The zero-order chi connectivity index (χ0) is 12.4. The van der Waals surface area contributed by atoms with Gasteiger partial charge in [-0.05, 0) is 18.6 Å². The molecule has 0 aliphatic heterocycles. The highest BCUT2D eigenvalue weighted by Crippen LogP contribution is 2.18. The molecule has 0 amide bonds. The summed E-state index contributed by atoms with van der Waals surface area (Å²) in [5, 5.41) is 9.19. The molecule has 18 heavy (non-hydrogen) atoms. The highest BCUT2D eigenvalue weighted by Gasteiger charge is 2.05. The highest BCUT2D eigenvalue weighted by molar-refractivity contribution is 7.98. The molecule has 1 aromatic carbocycles. The Morgan fingerprint density at radius 1 is 1.33 bits per heavy atom. The lowest BCUT2D eigenvalue weighted by molar-refractivity contribution is 0.721. The molecule has 3 aromatic rings. The molecule has 0 saturated heterocycles. The van der Waals surface area contributed by atoms with E-state index in [9.17, 15) is 0 Å². The van der Waals surface area contributed by atoms with Crippen LogP contribution in [-0.4, -0.2) is 25.0 Å². The van der Waals surface area contributed by atoms with Gasteiger partial charge in [0.1, 0.15) is 5.52 Å². The fraction of sp³-hybridized carbons (Fsp3) is 0.250. The zero-order valence-electron chi connectivity index (χ0n) is 10.00. The Morgan fingerprint density at radius 3 is 3.06 bits per heavy atom. The molecule has 1 N–H and O–H groups in total. The van der Waals surface area contributed by atoms with Crippen molar-refractivity contribution in [2.24, 2.45) is 0 Å². The maximum absolute atomic E-state index is 4.31. The third kappa shape index (κ3) is 2.11. The average Bonchev–Trinajstić information content (AvgIpc) is 3.03. The van der Waals surface area contributed by atoms with Crippen LogP contribution < -0.4 is 0 Å². The van der Waals surface area contributed by atoms with E-state index in [1.165, 1.54) is 0 Å². The van der Waals surface area contributed by atoms with Gasteiger partial charge in [0.25, 0.3) is 0 Å². The van der Waals surface area contributed by atoms with Gasteiger partial charge in [-0.1, -0.05) is 36.0 Å². The van der Waals surface area contributed by atoms with Crippen LogP contribution in [0, 0.1) is 0 Å². The molecule has 0 aliphatic carbocycles. The predicted octanol–water partition coefficient (Wildman–Crippen LogP) is 2.47. The number of para-hydroxylation sites is 1. The number of hydrogen-bond acceptors (Lipinski definition) is 4. The number of fused-ring (bicyclic) bond motifs is 1. The Kier molecular flexibility index (Phi) is 3.02. The highest BCUT2D eigenvalue weighted by atomic mass is 32.2. The quantitative estimate of drug-likeness (QED) is 0.731. The van der Waals surface area contributed by atoms with Gasteiger partial charge in [0.2, 0.25) is 0 Å². The van der Waals surface area contributed by atoms with Crippen LogP contribution in [0.25, 0.3) is 11.0 Å². The Balaban J connectivity index is 1.76. The number of hydrogen-bond donors (Lipinski definition) is 1. The van der Waals surface area contributed by atoms with E-state index in [0.29, 0.717) is 5.88 Å². The summed E-state index contributed by atoms with van der Waals surface area (Å²) in [5.74, 6) is 0.706. The standard InChI is InChI=1S/C12H13N5S/c1-2-9-7-13-12(14-9)18-8-17-11-6-4-3-5-10(11)15-16-17/h3-7H,2,8H2,1H3,(H,13,14). The summed E-state index contributed by atoms with van der Waals surface area (Å²) in [4.78, 5) is 7.58. The third-order valence-corrected chi connectivity index (χ3v) is 3.58. The number of aromatic amines is 1. The number of nitrogens with one attached hydrogen (secondary N) is 1. The molecule has 6 heteroatoms. The molecule has 2 heterocycles. The number of H-pyrrole nitrogens is 1. The van der Waals surface area contributed by atoms with E-state index in [4.69, 9.17) is 0 Å². The van der Waals surface area contributed by atoms with E-state index in [-0.39, 0.29) is 0 Å². The van der Waals surface area contributed by atoms with Crippen molar-refractivity contribution < 1.29 is 0 Å². The summed E-state index contributed by atoms with van der Waals surface area (Å²) in [7, 11) is 0. The first-order valence-electron chi connectivity index (χ1n) is 5.81. The molecule has 3 rings (SSSR count). The van der Waals surface area contributed by atoms with Crippen LogP contribution in [0.5, 0.6) is 0 Å². The average molecular weight is 259 g/mol. The number of imidazole rings is 1. The maximum Gasteiger partial charge on any atom is 0.167 e. The fourth-order valence-electron chi connectivity index (χ4n) is 1.73. The van der Waals surface area contributed by atoms with Gasteiger partial charge in [0.05, 0.1) is 11.4 Å². The van der Waals surface area contributed by atoms with Crippen molar-refractivity contribution in [3.05, 3.63) is 36.2 Å². The largest absolute Gasteiger partial charge is 0.337 e. The van der Waals surface area contributed by atoms with Crippen molar-refractivity contribution in [3.8, 4) is 0 Å². The number of aryl methyl sites for hydroxylation is 1. The van der Waals surface area contributed by atoms with E-state index in [0.717, 1.165) is 28.3 Å². The first kappa shape index (κ1) is 11.3. The molecular formula is C12H13N5S. The summed E-state index contributed by atoms with van der Waals surface area (Å²) < 4.78 is 1.88. The minimum absolute atomic E-state index is 0.706. The second-order valence-electron chi connectivity index (χ2n) is 3.92. The molecule has 0 unspecified atom stereocenters. The summed E-state index contributed by atoms with van der Waals surface area (Å²) in [6, 6.07) is 7.95. The number of thioether (sulfide) groups is 1. The van der Waals surface area contributed by atoms with E-state index in [2.05, 4.69) is 27.2 Å². The summed E-state index contributed by atoms with van der Waals surface area (Å²) >= 11 is 1.62. The van der Waals surface area contributed by atoms with Crippen LogP contribution in [0.15, 0.2) is 35.6 Å². The third-order valence-electron chi connectivity index (χ3n) is 2.73. The molecule has 0 fully saturated rings. The number of nitrogens with zero attached hydrogens (tertiary/aromatic N) is 4. The van der Waals surface area contributed by atoms with E-state index in [1.807, 2.05) is 35.1 Å². The lowest BCUT2D eigenvalue weighted by atomic mass is 10.3. The first-order valence-corrected chi connectivity index (χ1v) is 6.80. The van der Waals surface area contributed by atoms with Crippen LogP contribution in [0.3, 0.4) is 0 Å². The molecule has 0 bridgehead atoms. The van der Waals surface area contributed by atoms with Gasteiger partial charge in [0.15, 0.2) is 5.16 Å². The van der Waals surface area contributed by atoms with Crippen molar-refractivity contribution in [2.45, 2.75) is 24.4 Å². The van der Waals surface area contributed by atoms with Gasteiger partial charge in [0, 0.05) is 11.9 Å². The van der Waals surface area contributed by atoms with Crippen LogP contribution in [0.2, 0.25) is 0 Å². The molecule has 0 radical (unpaired) electrons. The second-order valence-corrected chi connectivity index (χ2v) is 4.85. The van der Waals surface area contributed by atoms with E-state index in [1.54, 1.807) is 11.8 Å². The monoisotopic (exact) mass is 259 g/mol. The molecule has 0 atom stereocenters. The molecule has 0 aliphatic rings. The molecule has 5 nitrogen and oxygen atoms in total. The normalized spacial score (nSPS) is 11.2. The van der Waals surface area contributed by atoms with Gasteiger partial charge in [-0.2, -0.15) is 0 Å². The molecule has 2 aromatic heterocycles. The topological polar surface area (TPSA) is 59.4 Å². The second kappa shape index (κ2) is 4.81. The Hall–Kier alpha value is -1.82. The van der Waals surface area contributed by atoms with Crippen molar-refractivity contribution >= 4 is 22.8 Å². The Labute approximate surface area is 109 Å². The molecule has 0 saturated carbocycles. The number of aromatic nitrogens is 5. The van der Waals surface area contributed by atoms with Crippen molar-refractivity contribution in [2.75, 3.05) is 0 Å². The van der Waals surface area contributed by atoms with Crippen LogP contribution in [0.1, 0.15) is 12.6 Å². The lowest BCUT2D eigenvalue weighted by Crippen LogP contribution is -1.97. The van der Waals surface area contributed by atoms with Crippen LogP contribution in [0.4, 0.5) is 0 Å².